The Morgan fingerprint density at radius 2 is 1.81 bits per heavy atom. The summed E-state index contributed by atoms with van der Waals surface area (Å²) in [5, 5.41) is 12.5. The Labute approximate surface area is 209 Å². The highest BCUT2D eigenvalue weighted by molar-refractivity contribution is 6.09. The fourth-order valence-corrected chi connectivity index (χ4v) is 3.72. The van der Waals surface area contributed by atoms with Crippen molar-refractivity contribution in [1.82, 2.24) is 9.38 Å². The Morgan fingerprint density at radius 3 is 2.50 bits per heavy atom. The lowest BCUT2D eigenvalue weighted by molar-refractivity contribution is -0.112. The number of hydrogen-bond donors (Lipinski definition) is 1. The van der Waals surface area contributed by atoms with Gasteiger partial charge < -0.3 is 10.1 Å². The number of aryl methyl sites for hydroxylation is 2. The standard InChI is InChI=1S/C29H26N4O3/c1-18(2)23-13-10-20(4)15-25(23)36-28-24(29(35)33-14-6-5-7-26(33)32-28)16-21(17-30)27(34)31-22-11-8-19(3)9-12-22/h5-16,18H,1-4H3,(H,31,34). The summed E-state index contributed by atoms with van der Waals surface area (Å²) < 4.78 is 7.57. The zero-order valence-corrected chi connectivity index (χ0v) is 20.6. The van der Waals surface area contributed by atoms with Crippen LogP contribution in [0.15, 0.2) is 77.2 Å². The number of benzene rings is 2. The molecule has 0 atom stereocenters. The maximum atomic E-state index is 13.5. The molecule has 2 aromatic carbocycles. The van der Waals surface area contributed by atoms with Crippen molar-refractivity contribution in [3.8, 4) is 17.7 Å². The van der Waals surface area contributed by atoms with E-state index in [-0.39, 0.29) is 22.9 Å². The quantitative estimate of drug-likeness (QED) is 0.280. The molecule has 0 aliphatic rings. The summed E-state index contributed by atoms with van der Waals surface area (Å²) >= 11 is 0. The van der Waals surface area contributed by atoms with Crippen LogP contribution in [0.1, 0.15) is 42.0 Å². The predicted octanol–water partition coefficient (Wildman–Crippen LogP) is 5.77. The largest absolute Gasteiger partial charge is 0.438 e. The lowest BCUT2D eigenvalue weighted by Crippen LogP contribution is -2.20. The number of hydrogen-bond acceptors (Lipinski definition) is 5. The Hall–Kier alpha value is -4.70. The van der Waals surface area contributed by atoms with Gasteiger partial charge in [-0.15, -0.1) is 0 Å². The molecule has 0 unspecified atom stereocenters. The van der Waals surface area contributed by atoms with E-state index in [2.05, 4.69) is 10.3 Å². The second-order valence-corrected chi connectivity index (χ2v) is 8.85. The molecule has 7 nitrogen and oxygen atoms in total. The van der Waals surface area contributed by atoms with Crippen LogP contribution in [0.5, 0.6) is 11.6 Å². The number of nitrogens with one attached hydrogen (secondary N) is 1. The molecule has 4 aromatic rings. The van der Waals surface area contributed by atoms with Crippen molar-refractivity contribution >= 4 is 23.3 Å². The number of carbonyl (C=O) groups is 1. The third-order valence-electron chi connectivity index (χ3n) is 5.69. The van der Waals surface area contributed by atoms with Gasteiger partial charge >= 0.3 is 0 Å². The second-order valence-electron chi connectivity index (χ2n) is 8.85. The first-order chi connectivity index (χ1) is 17.3. The van der Waals surface area contributed by atoms with Gasteiger partial charge in [0.15, 0.2) is 0 Å². The number of amides is 1. The molecular formula is C29H26N4O3. The van der Waals surface area contributed by atoms with Crippen LogP contribution in [0, 0.1) is 25.2 Å². The summed E-state index contributed by atoms with van der Waals surface area (Å²) in [6.45, 7) is 7.98. The molecular weight excluding hydrogens is 452 g/mol. The average Bonchev–Trinajstić information content (AvgIpc) is 2.85. The summed E-state index contributed by atoms with van der Waals surface area (Å²) in [5.41, 5.74) is 3.20. The topological polar surface area (TPSA) is 96.5 Å². The van der Waals surface area contributed by atoms with Gasteiger partial charge in [-0.2, -0.15) is 10.2 Å². The number of nitrogens with zero attached hydrogens (tertiary/aromatic N) is 3. The molecule has 0 spiro atoms. The molecule has 7 heteroatoms. The molecule has 0 saturated heterocycles. The summed E-state index contributed by atoms with van der Waals surface area (Å²) in [7, 11) is 0. The van der Waals surface area contributed by atoms with E-state index in [0.29, 0.717) is 17.1 Å². The maximum absolute atomic E-state index is 13.5. The lowest BCUT2D eigenvalue weighted by Gasteiger charge is -2.16. The van der Waals surface area contributed by atoms with E-state index in [4.69, 9.17) is 4.74 Å². The molecule has 0 bridgehead atoms. The van der Waals surface area contributed by atoms with E-state index in [9.17, 15) is 14.9 Å². The number of anilines is 1. The Bertz CT molecular complexity index is 1580. The number of aromatic nitrogens is 2. The maximum Gasteiger partial charge on any atom is 0.269 e. The summed E-state index contributed by atoms with van der Waals surface area (Å²) in [6.07, 6.45) is 2.81. The van der Waals surface area contributed by atoms with Crippen LogP contribution in [0.25, 0.3) is 11.7 Å². The van der Waals surface area contributed by atoms with Gasteiger partial charge in [-0.05, 0) is 67.3 Å². The van der Waals surface area contributed by atoms with Crippen LogP contribution in [0.4, 0.5) is 5.69 Å². The molecule has 0 fully saturated rings. The van der Waals surface area contributed by atoms with E-state index >= 15 is 0 Å². The monoisotopic (exact) mass is 478 g/mol. The SMILES string of the molecule is Cc1ccc(NC(=O)C(C#N)=Cc2c(Oc3cc(C)ccc3C(C)C)nc3ccccn3c2=O)cc1. The number of nitriles is 1. The van der Waals surface area contributed by atoms with Crippen molar-refractivity contribution in [3.63, 3.8) is 0 Å². The van der Waals surface area contributed by atoms with Gasteiger partial charge in [0.2, 0.25) is 5.88 Å². The molecule has 0 radical (unpaired) electrons. The normalized spacial score (nSPS) is 11.4. The van der Waals surface area contributed by atoms with Gasteiger partial charge in [-0.25, -0.2) is 0 Å². The minimum Gasteiger partial charge on any atom is -0.438 e. The van der Waals surface area contributed by atoms with Gasteiger partial charge in [0.1, 0.15) is 28.6 Å². The number of rotatable bonds is 6. The molecule has 2 aromatic heterocycles. The third kappa shape index (κ3) is 5.18. The van der Waals surface area contributed by atoms with Gasteiger partial charge in [0.25, 0.3) is 11.5 Å². The van der Waals surface area contributed by atoms with Gasteiger partial charge in [-0.3, -0.25) is 14.0 Å². The molecule has 36 heavy (non-hydrogen) atoms. The zero-order valence-electron chi connectivity index (χ0n) is 20.6. The highest BCUT2D eigenvalue weighted by Crippen LogP contribution is 2.32. The number of pyridine rings is 1. The molecule has 180 valence electrons. The van der Waals surface area contributed by atoms with Gasteiger partial charge in [0.05, 0.1) is 0 Å². The smallest absolute Gasteiger partial charge is 0.269 e. The van der Waals surface area contributed by atoms with E-state index in [1.807, 2.05) is 64.1 Å². The molecule has 0 aliphatic heterocycles. The van der Waals surface area contributed by atoms with E-state index in [0.717, 1.165) is 16.7 Å². The van der Waals surface area contributed by atoms with Crippen LogP contribution >= 0.6 is 0 Å². The first-order valence-corrected chi connectivity index (χ1v) is 11.6. The van der Waals surface area contributed by atoms with Crippen molar-refractivity contribution in [3.05, 3.63) is 105 Å². The summed E-state index contributed by atoms with van der Waals surface area (Å²) in [6, 6.07) is 20.1. The van der Waals surface area contributed by atoms with Crippen molar-refractivity contribution in [2.45, 2.75) is 33.6 Å². The molecule has 2 heterocycles. The van der Waals surface area contributed by atoms with Gasteiger partial charge in [0, 0.05) is 11.9 Å². The molecule has 1 amide bonds. The van der Waals surface area contributed by atoms with E-state index in [1.165, 1.54) is 10.5 Å². The number of fused-ring (bicyclic) bond motifs is 1. The molecule has 4 rings (SSSR count). The number of carbonyl (C=O) groups excluding carboxylic acids is 1. The van der Waals surface area contributed by atoms with Crippen LogP contribution in [-0.4, -0.2) is 15.3 Å². The number of ether oxygens (including phenoxy) is 1. The van der Waals surface area contributed by atoms with E-state index in [1.54, 1.807) is 36.5 Å². The Morgan fingerprint density at radius 1 is 1.08 bits per heavy atom. The van der Waals surface area contributed by atoms with E-state index < -0.39 is 11.5 Å². The summed E-state index contributed by atoms with van der Waals surface area (Å²) in [5.74, 6) is 0.114. The van der Waals surface area contributed by atoms with Crippen molar-refractivity contribution in [1.29, 1.82) is 5.26 Å². The molecule has 0 saturated carbocycles. The fourth-order valence-electron chi connectivity index (χ4n) is 3.72. The van der Waals surface area contributed by atoms with Crippen LogP contribution in [0.3, 0.4) is 0 Å². The Balaban J connectivity index is 1.84. The van der Waals surface area contributed by atoms with Gasteiger partial charge in [-0.1, -0.05) is 49.7 Å². The first-order valence-electron chi connectivity index (χ1n) is 11.6. The molecule has 1 N–H and O–H groups in total. The Kier molecular flexibility index (Phi) is 6.98. The van der Waals surface area contributed by atoms with Crippen molar-refractivity contribution in [2.24, 2.45) is 0 Å². The average molecular weight is 479 g/mol. The third-order valence-corrected chi connectivity index (χ3v) is 5.69. The molecule has 0 aliphatic carbocycles. The van der Waals surface area contributed by atoms with Crippen molar-refractivity contribution < 1.29 is 9.53 Å². The minimum absolute atomic E-state index is 0.00511. The minimum atomic E-state index is -0.636. The highest BCUT2D eigenvalue weighted by Gasteiger charge is 2.19. The van der Waals surface area contributed by atoms with Crippen molar-refractivity contribution in [2.75, 3.05) is 5.32 Å². The van der Waals surface area contributed by atoms with Crippen LogP contribution < -0.4 is 15.6 Å². The first kappa shape index (κ1) is 24.4. The fraction of sp³-hybridized carbons (Fsp3) is 0.172. The van der Waals surface area contributed by atoms with Crippen LogP contribution in [-0.2, 0) is 4.79 Å². The van der Waals surface area contributed by atoms with Crippen LogP contribution in [0.2, 0.25) is 0 Å². The lowest BCUT2D eigenvalue weighted by atomic mass is 10.0. The summed E-state index contributed by atoms with van der Waals surface area (Å²) in [4.78, 5) is 30.9. The predicted molar refractivity (Wildman–Crippen MR) is 140 cm³/mol. The highest BCUT2D eigenvalue weighted by atomic mass is 16.5. The zero-order chi connectivity index (χ0) is 25.8. The second kappa shape index (κ2) is 10.3.